The van der Waals surface area contributed by atoms with Gasteiger partial charge in [0.05, 0.1) is 12.1 Å². The molecule has 0 aliphatic carbocycles. The number of amides is 1. The number of imidazole rings is 1. The maximum atomic E-state index is 12.5. The molecule has 2 aromatic heterocycles. The van der Waals surface area contributed by atoms with E-state index in [9.17, 15) is 4.79 Å². The number of carbonyl (C=O) groups is 1. The maximum Gasteiger partial charge on any atom is 0.257 e. The van der Waals surface area contributed by atoms with Crippen molar-refractivity contribution in [3.05, 3.63) is 40.5 Å². The normalized spacial score (nSPS) is 10.4. The Morgan fingerprint density at radius 3 is 2.85 bits per heavy atom. The largest absolute Gasteiger partial charge is 0.372 e. The van der Waals surface area contributed by atoms with Gasteiger partial charge in [-0.2, -0.15) is 0 Å². The van der Waals surface area contributed by atoms with Gasteiger partial charge >= 0.3 is 0 Å². The van der Waals surface area contributed by atoms with Crippen molar-refractivity contribution in [2.45, 2.75) is 6.54 Å². The van der Waals surface area contributed by atoms with Gasteiger partial charge in [-0.05, 0) is 22.0 Å². The van der Waals surface area contributed by atoms with Crippen LogP contribution in [0.5, 0.6) is 0 Å². The molecule has 0 fully saturated rings. The van der Waals surface area contributed by atoms with Gasteiger partial charge in [0.1, 0.15) is 11.6 Å². The summed E-state index contributed by atoms with van der Waals surface area (Å²) in [6.45, 7) is 0.442. The molecule has 0 aromatic carbocycles. The number of halogens is 1. The van der Waals surface area contributed by atoms with Gasteiger partial charge in [-0.15, -0.1) is 0 Å². The number of aryl methyl sites for hydroxylation is 1. The molecule has 0 aliphatic heterocycles. The van der Waals surface area contributed by atoms with Gasteiger partial charge < -0.3 is 14.8 Å². The highest BCUT2D eigenvalue weighted by atomic mass is 79.9. The Bertz CT molecular complexity index is 625. The molecule has 0 bridgehead atoms. The number of hydrogen-bond acceptors (Lipinski definition) is 4. The SMILES string of the molecule is CNc1ncc(Br)cc1C(=O)N(C)Cc1nccn1C. The average Bonchev–Trinajstić information content (AvgIpc) is 2.83. The lowest BCUT2D eigenvalue weighted by Gasteiger charge is -2.18. The third kappa shape index (κ3) is 2.98. The summed E-state index contributed by atoms with van der Waals surface area (Å²) in [5.41, 5.74) is 0.526. The van der Waals surface area contributed by atoms with Crippen molar-refractivity contribution < 1.29 is 4.79 Å². The average molecular weight is 338 g/mol. The molecule has 0 aliphatic rings. The van der Waals surface area contributed by atoms with E-state index in [0.717, 1.165) is 10.3 Å². The van der Waals surface area contributed by atoms with Gasteiger partial charge in [0, 0.05) is 44.2 Å². The van der Waals surface area contributed by atoms with Gasteiger partial charge in [0.2, 0.25) is 0 Å². The van der Waals surface area contributed by atoms with Crippen LogP contribution in [0.1, 0.15) is 16.2 Å². The molecule has 0 spiro atoms. The molecule has 1 N–H and O–H groups in total. The number of carbonyl (C=O) groups excluding carboxylic acids is 1. The van der Waals surface area contributed by atoms with Gasteiger partial charge in [-0.3, -0.25) is 4.79 Å². The van der Waals surface area contributed by atoms with Crippen molar-refractivity contribution >= 4 is 27.7 Å². The minimum absolute atomic E-state index is 0.105. The molecular weight excluding hydrogens is 322 g/mol. The second kappa shape index (κ2) is 6.04. The minimum atomic E-state index is -0.105. The number of pyridine rings is 1. The molecule has 2 aromatic rings. The zero-order chi connectivity index (χ0) is 14.7. The standard InChI is InChI=1S/C13H16BrN5O/c1-15-12-10(6-9(14)7-17-12)13(20)19(3)8-11-16-4-5-18(11)2/h4-7H,8H2,1-3H3,(H,15,17). The van der Waals surface area contributed by atoms with Crippen molar-refractivity contribution in [2.75, 3.05) is 19.4 Å². The highest BCUT2D eigenvalue weighted by Gasteiger charge is 2.18. The van der Waals surface area contributed by atoms with Crippen LogP contribution < -0.4 is 5.32 Å². The van der Waals surface area contributed by atoms with E-state index in [0.29, 0.717) is 17.9 Å². The van der Waals surface area contributed by atoms with Crippen LogP contribution in [0.3, 0.4) is 0 Å². The second-order valence-electron chi connectivity index (χ2n) is 4.42. The number of nitrogens with one attached hydrogen (secondary N) is 1. The van der Waals surface area contributed by atoms with E-state index in [-0.39, 0.29) is 5.91 Å². The topological polar surface area (TPSA) is 63.1 Å². The van der Waals surface area contributed by atoms with Gasteiger partial charge in [-0.25, -0.2) is 9.97 Å². The van der Waals surface area contributed by atoms with E-state index < -0.39 is 0 Å². The van der Waals surface area contributed by atoms with E-state index in [2.05, 4.69) is 31.2 Å². The third-order valence-corrected chi connectivity index (χ3v) is 3.40. The van der Waals surface area contributed by atoms with E-state index in [4.69, 9.17) is 0 Å². The summed E-state index contributed by atoms with van der Waals surface area (Å²) in [6.07, 6.45) is 5.22. The molecule has 0 saturated carbocycles. The summed E-state index contributed by atoms with van der Waals surface area (Å²) in [4.78, 5) is 22.5. The Morgan fingerprint density at radius 2 is 2.25 bits per heavy atom. The fourth-order valence-electron chi connectivity index (χ4n) is 1.84. The Balaban J connectivity index is 2.22. The predicted octanol–water partition coefficient (Wildman–Crippen LogP) is 1.89. The van der Waals surface area contributed by atoms with Gasteiger partial charge in [0.25, 0.3) is 5.91 Å². The number of nitrogens with zero attached hydrogens (tertiary/aromatic N) is 4. The van der Waals surface area contributed by atoms with E-state index in [1.165, 1.54) is 0 Å². The van der Waals surface area contributed by atoms with Crippen molar-refractivity contribution in [3.8, 4) is 0 Å². The summed E-state index contributed by atoms with van der Waals surface area (Å²) in [5, 5.41) is 2.93. The molecule has 1 amide bonds. The molecule has 0 radical (unpaired) electrons. The number of aromatic nitrogens is 3. The molecule has 7 heteroatoms. The van der Waals surface area contributed by atoms with E-state index >= 15 is 0 Å². The van der Waals surface area contributed by atoms with Crippen LogP contribution in [0.25, 0.3) is 0 Å². The Labute approximate surface area is 126 Å². The van der Waals surface area contributed by atoms with Gasteiger partial charge in [-0.1, -0.05) is 0 Å². The highest BCUT2D eigenvalue weighted by molar-refractivity contribution is 9.10. The first kappa shape index (κ1) is 14.5. The summed E-state index contributed by atoms with van der Waals surface area (Å²) >= 11 is 3.34. The van der Waals surface area contributed by atoms with Crippen LogP contribution in [0, 0.1) is 0 Å². The summed E-state index contributed by atoms with van der Waals surface area (Å²) in [5.74, 6) is 1.28. The molecule has 106 valence electrons. The van der Waals surface area contributed by atoms with E-state index in [1.807, 2.05) is 17.8 Å². The number of anilines is 1. The quantitative estimate of drug-likeness (QED) is 0.925. The molecule has 20 heavy (non-hydrogen) atoms. The molecule has 6 nitrogen and oxygen atoms in total. The smallest absolute Gasteiger partial charge is 0.257 e. The fraction of sp³-hybridized carbons (Fsp3) is 0.308. The maximum absolute atomic E-state index is 12.5. The van der Waals surface area contributed by atoms with Crippen molar-refractivity contribution in [3.63, 3.8) is 0 Å². The van der Waals surface area contributed by atoms with Crippen molar-refractivity contribution in [2.24, 2.45) is 7.05 Å². The van der Waals surface area contributed by atoms with Crippen LogP contribution >= 0.6 is 15.9 Å². The Hall–Kier alpha value is -1.89. The molecule has 2 rings (SSSR count). The lowest BCUT2D eigenvalue weighted by atomic mass is 10.2. The highest BCUT2D eigenvalue weighted by Crippen LogP contribution is 2.19. The molecule has 0 atom stereocenters. The van der Waals surface area contributed by atoms with E-state index in [1.54, 1.807) is 37.5 Å². The first-order valence-corrected chi connectivity index (χ1v) is 6.87. The fourth-order valence-corrected chi connectivity index (χ4v) is 2.17. The summed E-state index contributed by atoms with van der Waals surface area (Å²) in [7, 11) is 5.39. The summed E-state index contributed by atoms with van der Waals surface area (Å²) < 4.78 is 2.66. The predicted molar refractivity (Wildman–Crippen MR) is 80.5 cm³/mol. The number of hydrogen-bond donors (Lipinski definition) is 1. The van der Waals surface area contributed by atoms with Crippen LogP contribution in [-0.2, 0) is 13.6 Å². The Kier molecular flexibility index (Phi) is 4.39. The zero-order valence-electron chi connectivity index (χ0n) is 11.6. The number of rotatable bonds is 4. The zero-order valence-corrected chi connectivity index (χ0v) is 13.2. The third-order valence-electron chi connectivity index (χ3n) is 2.97. The van der Waals surface area contributed by atoms with Crippen LogP contribution in [-0.4, -0.2) is 39.4 Å². The molecule has 0 unspecified atom stereocenters. The second-order valence-corrected chi connectivity index (χ2v) is 5.33. The first-order valence-electron chi connectivity index (χ1n) is 6.08. The minimum Gasteiger partial charge on any atom is -0.372 e. The first-order chi connectivity index (χ1) is 9.52. The van der Waals surface area contributed by atoms with Crippen LogP contribution in [0.2, 0.25) is 0 Å². The Morgan fingerprint density at radius 1 is 1.50 bits per heavy atom. The van der Waals surface area contributed by atoms with Crippen LogP contribution in [0.4, 0.5) is 5.82 Å². The lowest BCUT2D eigenvalue weighted by molar-refractivity contribution is 0.0781. The van der Waals surface area contributed by atoms with Gasteiger partial charge in [0.15, 0.2) is 0 Å². The molecular formula is C13H16BrN5O. The lowest BCUT2D eigenvalue weighted by Crippen LogP contribution is -2.28. The van der Waals surface area contributed by atoms with Crippen LogP contribution in [0.15, 0.2) is 29.1 Å². The summed E-state index contributed by atoms with van der Waals surface area (Å²) in [6, 6.07) is 1.76. The monoisotopic (exact) mass is 337 g/mol. The van der Waals surface area contributed by atoms with Crippen molar-refractivity contribution in [1.82, 2.24) is 19.4 Å². The van der Waals surface area contributed by atoms with Crippen molar-refractivity contribution in [1.29, 1.82) is 0 Å². The molecule has 2 heterocycles. The molecule has 0 saturated heterocycles.